The van der Waals surface area contributed by atoms with Crippen LogP contribution in [-0.4, -0.2) is 23.6 Å². The van der Waals surface area contributed by atoms with Crippen molar-refractivity contribution >= 4 is 11.8 Å². The molecule has 0 radical (unpaired) electrons. The van der Waals surface area contributed by atoms with E-state index in [0.29, 0.717) is 5.54 Å². The van der Waals surface area contributed by atoms with Gasteiger partial charge in [-0.2, -0.15) is 11.8 Å². The number of hydrogen-bond acceptors (Lipinski definition) is 2. The lowest BCUT2D eigenvalue weighted by Gasteiger charge is -2.37. The molecule has 1 nitrogen and oxygen atoms in total. The highest BCUT2D eigenvalue weighted by molar-refractivity contribution is 8.00. The van der Waals surface area contributed by atoms with Crippen molar-refractivity contribution in [1.29, 1.82) is 0 Å². The molecule has 2 heteroatoms. The van der Waals surface area contributed by atoms with Crippen LogP contribution in [0.2, 0.25) is 0 Å². The summed E-state index contributed by atoms with van der Waals surface area (Å²) in [5.74, 6) is 2.74. The summed E-state index contributed by atoms with van der Waals surface area (Å²) in [6.07, 6.45) is 2.83. The summed E-state index contributed by atoms with van der Waals surface area (Å²) in [6.45, 7) is 1.26. The molecule has 2 aliphatic heterocycles. The first kappa shape index (κ1) is 5.12. The number of thioether (sulfide) groups is 1. The van der Waals surface area contributed by atoms with Gasteiger partial charge < -0.3 is 5.32 Å². The zero-order valence-corrected chi connectivity index (χ0v) is 5.76. The molecule has 0 bridgehead atoms. The predicted octanol–water partition coefficient (Wildman–Crippen LogP) is 0.855. The first-order valence-electron chi connectivity index (χ1n) is 3.24. The third-order valence-corrected chi connectivity index (χ3v) is 3.60. The molecule has 0 saturated carbocycles. The Morgan fingerprint density at radius 1 is 1.38 bits per heavy atom. The fraction of sp³-hybridized carbons (Fsp3) is 1.00. The van der Waals surface area contributed by atoms with E-state index in [4.69, 9.17) is 0 Å². The van der Waals surface area contributed by atoms with E-state index >= 15 is 0 Å². The summed E-state index contributed by atoms with van der Waals surface area (Å²) in [7, 11) is 0. The SMILES string of the molecule is C1CNC2(C1)CSC2. The van der Waals surface area contributed by atoms with E-state index in [-0.39, 0.29) is 0 Å². The lowest BCUT2D eigenvalue weighted by Crippen LogP contribution is -2.51. The monoisotopic (exact) mass is 129 g/mol. The highest BCUT2D eigenvalue weighted by Gasteiger charge is 2.39. The minimum atomic E-state index is 0.630. The molecule has 1 spiro atoms. The normalized spacial score (nSPS) is 33.0. The minimum absolute atomic E-state index is 0.630. The Balaban J connectivity index is 2.01. The van der Waals surface area contributed by atoms with Crippen LogP contribution in [0.15, 0.2) is 0 Å². The maximum absolute atomic E-state index is 3.55. The lowest BCUT2D eigenvalue weighted by atomic mass is 10.0. The second-order valence-corrected chi connectivity index (χ2v) is 3.79. The second kappa shape index (κ2) is 1.64. The Morgan fingerprint density at radius 2 is 2.25 bits per heavy atom. The van der Waals surface area contributed by atoms with Gasteiger partial charge in [-0.3, -0.25) is 0 Å². The van der Waals surface area contributed by atoms with Crippen molar-refractivity contribution in [3.8, 4) is 0 Å². The van der Waals surface area contributed by atoms with Crippen LogP contribution >= 0.6 is 11.8 Å². The topological polar surface area (TPSA) is 12.0 Å². The quantitative estimate of drug-likeness (QED) is 0.520. The smallest absolute Gasteiger partial charge is 0.0363 e. The van der Waals surface area contributed by atoms with E-state index in [1.807, 2.05) is 0 Å². The molecule has 1 N–H and O–H groups in total. The van der Waals surface area contributed by atoms with Gasteiger partial charge in [0.15, 0.2) is 0 Å². The van der Waals surface area contributed by atoms with E-state index in [1.54, 1.807) is 0 Å². The predicted molar refractivity (Wildman–Crippen MR) is 37.3 cm³/mol. The third-order valence-electron chi connectivity index (χ3n) is 2.09. The summed E-state index contributed by atoms with van der Waals surface area (Å²) < 4.78 is 0. The Morgan fingerprint density at radius 3 is 2.50 bits per heavy atom. The Kier molecular flexibility index (Phi) is 1.05. The minimum Gasteiger partial charge on any atom is -0.310 e. The molecule has 2 heterocycles. The second-order valence-electron chi connectivity index (χ2n) is 2.80. The average molecular weight is 129 g/mol. The van der Waals surface area contributed by atoms with Gasteiger partial charge in [0.05, 0.1) is 0 Å². The summed E-state index contributed by atoms with van der Waals surface area (Å²) in [4.78, 5) is 0. The van der Waals surface area contributed by atoms with Gasteiger partial charge in [0, 0.05) is 17.0 Å². The van der Waals surface area contributed by atoms with Crippen LogP contribution in [0.4, 0.5) is 0 Å². The maximum Gasteiger partial charge on any atom is 0.0363 e. The summed E-state index contributed by atoms with van der Waals surface area (Å²) >= 11 is 2.07. The zero-order valence-electron chi connectivity index (χ0n) is 4.94. The molecule has 0 aromatic rings. The first-order chi connectivity index (χ1) is 3.91. The van der Waals surface area contributed by atoms with Gasteiger partial charge >= 0.3 is 0 Å². The van der Waals surface area contributed by atoms with Crippen molar-refractivity contribution < 1.29 is 0 Å². The highest BCUT2D eigenvalue weighted by Crippen LogP contribution is 2.35. The summed E-state index contributed by atoms with van der Waals surface area (Å²) in [5, 5.41) is 3.55. The fourth-order valence-corrected chi connectivity index (χ4v) is 2.65. The van der Waals surface area contributed by atoms with Crippen LogP contribution in [0.1, 0.15) is 12.8 Å². The first-order valence-corrected chi connectivity index (χ1v) is 4.40. The molecule has 2 saturated heterocycles. The summed E-state index contributed by atoms with van der Waals surface area (Å²) in [6, 6.07) is 0. The van der Waals surface area contributed by atoms with Crippen molar-refractivity contribution in [2.45, 2.75) is 18.4 Å². The highest BCUT2D eigenvalue weighted by atomic mass is 32.2. The molecule has 0 unspecified atom stereocenters. The van der Waals surface area contributed by atoms with Crippen molar-refractivity contribution in [3.63, 3.8) is 0 Å². The zero-order chi connectivity index (χ0) is 5.45. The lowest BCUT2D eigenvalue weighted by molar-refractivity contribution is 0.454. The van der Waals surface area contributed by atoms with Crippen LogP contribution in [0.5, 0.6) is 0 Å². The molecule has 0 amide bonds. The number of nitrogens with one attached hydrogen (secondary N) is 1. The van der Waals surface area contributed by atoms with Crippen molar-refractivity contribution in [2.75, 3.05) is 18.1 Å². The molecule has 0 aromatic carbocycles. The molecular weight excluding hydrogens is 118 g/mol. The van der Waals surface area contributed by atoms with E-state index in [2.05, 4.69) is 17.1 Å². The Hall–Kier alpha value is 0.310. The molecule has 0 atom stereocenters. The van der Waals surface area contributed by atoms with Gasteiger partial charge in [0.25, 0.3) is 0 Å². The van der Waals surface area contributed by atoms with E-state index in [1.165, 1.54) is 30.9 Å². The fourth-order valence-electron chi connectivity index (χ4n) is 1.46. The molecule has 2 fully saturated rings. The van der Waals surface area contributed by atoms with Gasteiger partial charge in [0.1, 0.15) is 0 Å². The van der Waals surface area contributed by atoms with Crippen LogP contribution < -0.4 is 5.32 Å². The average Bonchev–Trinajstić information content (AvgIpc) is 2.07. The third kappa shape index (κ3) is 0.594. The van der Waals surface area contributed by atoms with Crippen molar-refractivity contribution in [1.82, 2.24) is 5.32 Å². The van der Waals surface area contributed by atoms with Gasteiger partial charge in [0.2, 0.25) is 0 Å². The largest absolute Gasteiger partial charge is 0.310 e. The number of rotatable bonds is 0. The van der Waals surface area contributed by atoms with Crippen LogP contribution in [0.3, 0.4) is 0 Å². The molecule has 2 aliphatic rings. The van der Waals surface area contributed by atoms with Crippen LogP contribution in [-0.2, 0) is 0 Å². The van der Waals surface area contributed by atoms with Crippen molar-refractivity contribution in [2.24, 2.45) is 0 Å². The van der Waals surface area contributed by atoms with Gasteiger partial charge in [-0.1, -0.05) is 0 Å². The molecular formula is C6H11NS. The molecule has 0 aliphatic carbocycles. The maximum atomic E-state index is 3.55. The molecule has 8 heavy (non-hydrogen) atoms. The van der Waals surface area contributed by atoms with E-state index in [9.17, 15) is 0 Å². The van der Waals surface area contributed by atoms with E-state index < -0.39 is 0 Å². The molecule has 46 valence electrons. The van der Waals surface area contributed by atoms with Gasteiger partial charge in [-0.25, -0.2) is 0 Å². The van der Waals surface area contributed by atoms with Gasteiger partial charge in [-0.05, 0) is 19.4 Å². The molecule has 2 rings (SSSR count). The standard InChI is InChI=1S/C6H11NS/c1-2-6(7-3-1)4-8-5-6/h7H,1-5H2. The Labute approximate surface area is 54.2 Å². The van der Waals surface area contributed by atoms with Gasteiger partial charge in [-0.15, -0.1) is 0 Å². The van der Waals surface area contributed by atoms with Crippen LogP contribution in [0, 0.1) is 0 Å². The number of hydrogen-bond donors (Lipinski definition) is 1. The van der Waals surface area contributed by atoms with Crippen molar-refractivity contribution in [3.05, 3.63) is 0 Å². The summed E-state index contributed by atoms with van der Waals surface area (Å²) in [5.41, 5.74) is 0.630. The Bertz CT molecular complexity index is 90.7. The molecule has 0 aromatic heterocycles. The van der Waals surface area contributed by atoms with Crippen LogP contribution in [0.25, 0.3) is 0 Å². The van der Waals surface area contributed by atoms with E-state index in [0.717, 1.165) is 0 Å².